The van der Waals surface area contributed by atoms with E-state index in [-0.39, 0.29) is 0 Å². The summed E-state index contributed by atoms with van der Waals surface area (Å²) in [5.41, 5.74) is 2.49. The highest BCUT2D eigenvalue weighted by atomic mass is 16.4. The number of nitrogens with one attached hydrogen (secondary N) is 1. The molecule has 1 aromatic carbocycles. The van der Waals surface area contributed by atoms with Gasteiger partial charge in [0.05, 0.1) is 5.56 Å². The van der Waals surface area contributed by atoms with Gasteiger partial charge in [-0.25, -0.2) is 4.79 Å². The number of rotatable bonds is 3. The third-order valence-corrected chi connectivity index (χ3v) is 2.69. The fourth-order valence-corrected chi connectivity index (χ4v) is 1.94. The first-order chi connectivity index (χ1) is 7.63. The summed E-state index contributed by atoms with van der Waals surface area (Å²) >= 11 is 0. The number of aryl methyl sites for hydroxylation is 1. The zero-order chi connectivity index (χ0) is 11.7. The average Bonchev–Trinajstić information content (AvgIpc) is 2.56. The highest BCUT2D eigenvalue weighted by Gasteiger charge is 2.09. The second-order valence-corrected chi connectivity index (χ2v) is 3.83. The van der Waals surface area contributed by atoms with Crippen LogP contribution in [0.3, 0.4) is 0 Å². The van der Waals surface area contributed by atoms with Crippen molar-refractivity contribution in [2.24, 2.45) is 7.05 Å². The molecular weight excluding hydrogens is 204 g/mol. The van der Waals surface area contributed by atoms with Crippen molar-refractivity contribution in [3.05, 3.63) is 35.5 Å². The van der Waals surface area contributed by atoms with Gasteiger partial charge in [0.1, 0.15) is 0 Å². The number of aromatic nitrogens is 1. The Labute approximate surface area is 93.5 Å². The van der Waals surface area contributed by atoms with Crippen molar-refractivity contribution in [3.63, 3.8) is 0 Å². The molecule has 2 N–H and O–H groups in total. The minimum absolute atomic E-state index is 0.330. The third-order valence-electron chi connectivity index (χ3n) is 2.69. The smallest absolute Gasteiger partial charge is 0.335 e. The summed E-state index contributed by atoms with van der Waals surface area (Å²) in [6.45, 7) is 0.737. The van der Waals surface area contributed by atoms with Gasteiger partial charge in [-0.1, -0.05) is 0 Å². The van der Waals surface area contributed by atoms with Crippen LogP contribution < -0.4 is 5.32 Å². The summed E-state index contributed by atoms with van der Waals surface area (Å²) in [6, 6.07) is 5.20. The van der Waals surface area contributed by atoms with Crippen LogP contribution in [0.15, 0.2) is 24.4 Å². The Morgan fingerprint density at radius 2 is 2.25 bits per heavy atom. The van der Waals surface area contributed by atoms with E-state index in [1.807, 2.05) is 30.9 Å². The number of aromatic carboxylic acids is 1. The van der Waals surface area contributed by atoms with Crippen LogP contribution in [0.25, 0.3) is 10.9 Å². The lowest BCUT2D eigenvalue weighted by Crippen LogP contribution is -2.04. The first-order valence-electron chi connectivity index (χ1n) is 5.09. The molecular formula is C12H14N2O2. The minimum Gasteiger partial charge on any atom is -0.478 e. The molecule has 4 heteroatoms. The third kappa shape index (κ3) is 1.67. The molecule has 0 unspecified atom stereocenters. The molecule has 1 heterocycles. The van der Waals surface area contributed by atoms with E-state index in [1.165, 1.54) is 0 Å². The van der Waals surface area contributed by atoms with Crippen LogP contribution >= 0.6 is 0 Å². The Morgan fingerprint density at radius 1 is 1.50 bits per heavy atom. The number of carboxylic acids is 1. The normalized spacial score (nSPS) is 10.9. The molecule has 0 amide bonds. The zero-order valence-corrected chi connectivity index (χ0v) is 9.32. The topological polar surface area (TPSA) is 54.3 Å². The van der Waals surface area contributed by atoms with E-state index in [1.54, 1.807) is 12.1 Å². The summed E-state index contributed by atoms with van der Waals surface area (Å²) in [4.78, 5) is 10.9. The van der Waals surface area contributed by atoms with Crippen LogP contribution in [-0.4, -0.2) is 22.7 Å². The molecule has 16 heavy (non-hydrogen) atoms. The molecule has 0 aliphatic carbocycles. The Morgan fingerprint density at radius 3 is 2.88 bits per heavy atom. The summed E-state index contributed by atoms with van der Waals surface area (Å²) in [5, 5.41) is 13.0. The fraction of sp³-hybridized carbons (Fsp3) is 0.250. The lowest BCUT2D eigenvalue weighted by molar-refractivity contribution is 0.0697. The minimum atomic E-state index is -0.888. The fourth-order valence-electron chi connectivity index (χ4n) is 1.94. The van der Waals surface area contributed by atoms with Crippen molar-refractivity contribution < 1.29 is 9.90 Å². The molecule has 2 aromatic rings. The van der Waals surface area contributed by atoms with Crippen LogP contribution in [0.1, 0.15) is 15.9 Å². The second kappa shape index (κ2) is 3.98. The van der Waals surface area contributed by atoms with Crippen LogP contribution in [-0.2, 0) is 13.6 Å². The van der Waals surface area contributed by atoms with Crippen molar-refractivity contribution in [2.45, 2.75) is 6.54 Å². The van der Waals surface area contributed by atoms with Crippen molar-refractivity contribution >= 4 is 16.9 Å². The van der Waals surface area contributed by atoms with E-state index < -0.39 is 5.97 Å². The van der Waals surface area contributed by atoms with E-state index in [0.29, 0.717) is 5.56 Å². The van der Waals surface area contributed by atoms with Crippen molar-refractivity contribution in [1.82, 2.24) is 9.88 Å². The van der Waals surface area contributed by atoms with Gasteiger partial charge < -0.3 is 15.0 Å². The maximum atomic E-state index is 10.9. The van der Waals surface area contributed by atoms with Crippen LogP contribution in [0, 0.1) is 0 Å². The molecule has 0 fully saturated rings. The number of hydrogen-bond acceptors (Lipinski definition) is 2. The summed E-state index contributed by atoms with van der Waals surface area (Å²) in [5.74, 6) is -0.888. The first-order valence-corrected chi connectivity index (χ1v) is 5.09. The average molecular weight is 218 g/mol. The second-order valence-electron chi connectivity index (χ2n) is 3.83. The maximum absolute atomic E-state index is 10.9. The zero-order valence-electron chi connectivity index (χ0n) is 9.32. The van der Waals surface area contributed by atoms with E-state index in [9.17, 15) is 4.79 Å². The molecule has 0 aliphatic heterocycles. The summed E-state index contributed by atoms with van der Waals surface area (Å²) in [7, 11) is 3.84. The van der Waals surface area contributed by atoms with E-state index >= 15 is 0 Å². The van der Waals surface area contributed by atoms with Gasteiger partial charge in [0.25, 0.3) is 0 Å². The summed E-state index contributed by atoms with van der Waals surface area (Å²) in [6.07, 6.45) is 2.02. The lowest BCUT2D eigenvalue weighted by atomic mass is 10.1. The number of fused-ring (bicyclic) bond motifs is 1. The SMILES string of the molecule is CNCc1cn(C)c2ccc(C(=O)O)cc12. The Hall–Kier alpha value is -1.81. The molecule has 2 rings (SSSR count). The lowest BCUT2D eigenvalue weighted by Gasteiger charge is -1.99. The van der Waals surface area contributed by atoms with Gasteiger partial charge in [-0.15, -0.1) is 0 Å². The first kappa shape index (κ1) is 10.7. The van der Waals surface area contributed by atoms with E-state index in [2.05, 4.69) is 5.32 Å². The van der Waals surface area contributed by atoms with Crippen molar-refractivity contribution in [2.75, 3.05) is 7.05 Å². The highest BCUT2D eigenvalue weighted by Crippen LogP contribution is 2.22. The van der Waals surface area contributed by atoms with Gasteiger partial charge in [0.15, 0.2) is 0 Å². The Bertz CT molecular complexity index is 543. The molecule has 0 spiro atoms. The predicted molar refractivity (Wildman–Crippen MR) is 62.6 cm³/mol. The van der Waals surface area contributed by atoms with Gasteiger partial charge in [-0.2, -0.15) is 0 Å². The molecule has 0 radical (unpaired) electrons. The number of nitrogens with zero attached hydrogens (tertiary/aromatic N) is 1. The number of benzene rings is 1. The van der Waals surface area contributed by atoms with Gasteiger partial charge in [-0.05, 0) is 30.8 Å². The van der Waals surface area contributed by atoms with E-state index in [4.69, 9.17) is 5.11 Å². The van der Waals surface area contributed by atoms with Crippen molar-refractivity contribution in [3.8, 4) is 0 Å². The Kier molecular flexibility index (Phi) is 2.66. The van der Waals surface area contributed by atoms with Crippen LogP contribution in [0.5, 0.6) is 0 Å². The molecule has 4 nitrogen and oxygen atoms in total. The number of carboxylic acid groups (broad SMARTS) is 1. The number of carbonyl (C=O) groups is 1. The molecule has 0 aliphatic rings. The van der Waals surface area contributed by atoms with Gasteiger partial charge in [0.2, 0.25) is 0 Å². The predicted octanol–water partition coefficient (Wildman–Crippen LogP) is 1.60. The standard InChI is InChI=1S/C12H14N2O2/c1-13-6-9-7-14(2)11-4-3-8(12(15)16)5-10(9)11/h3-5,7,13H,6H2,1-2H3,(H,15,16). The maximum Gasteiger partial charge on any atom is 0.335 e. The van der Waals surface area contributed by atoms with Gasteiger partial charge >= 0.3 is 5.97 Å². The van der Waals surface area contributed by atoms with Crippen molar-refractivity contribution in [1.29, 1.82) is 0 Å². The van der Waals surface area contributed by atoms with Gasteiger partial charge in [0, 0.05) is 30.7 Å². The van der Waals surface area contributed by atoms with Gasteiger partial charge in [-0.3, -0.25) is 0 Å². The quantitative estimate of drug-likeness (QED) is 0.822. The van der Waals surface area contributed by atoms with Crippen LogP contribution in [0.4, 0.5) is 0 Å². The molecule has 1 aromatic heterocycles. The largest absolute Gasteiger partial charge is 0.478 e. The molecule has 0 atom stereocenters. The Balaban J connectivity index is 2.64. The molecule has 0 saturated carbocycles. The molecule has 0 saturated heterocycles. The monoisotopic (exact) mass is 218 g/mol. The number of hydrogen-bond donors (Lipinski definition) is 2. The van der Waals surface area contributed by atoms with Crippen LogP contribution in [0.2, 0.25) is 0 Å². The molecule has 0 bridgehead atoms. The molecule has 84 valence electrons. The summed E-state index contributed by atoms with van der Waals surface area (Å²) < 4.78 is 2.01. The highest BCUT2D eigenvalue weighted by molar-refractivity contribution is 5.94. The van der Waals surface area contributed by atoms with E-state index in [0.717, 1.165) is 23.0 Å².